The number of hydrogen-bond donors (Lipinski definition) is 0. The van der Waals surface area contributed by atoms with Crippen LogP contribution in [-0.2, 0) is 6.18 Å². The summed E-state index contributed by atoms with van der Waals surface area (Å²) >= 11 is 1.32. The Balaban J connectivity index is 1.25. The molecule has 0 aliphatic rings. The molecule has 0 aliphatic carbocycles. The van der Waals surface area contributed by atoms with Gasteiger partial charge in [-0.25, -0.2) is 9.67 Å². The Morgan fingerprint density at radius 1 is 0.792 bits per heavy atom. The Hall–Kier alpha value is -5.50. The van der Waals surface area contributed by atoms with E-state index in [1.165, 1.54) is 58.7 Å². The molecule has 0 atom stereocenters. The quantitative estimate of drug-likeness (QED) is 0.0962. The first-order valence-corrected chi connectivity index (χ1v) is 15.1. The molecule has 4 aromatic carbocycles. The molecule has 244 valence electrons. The molecule has 0 aliphatic heterocycles. The Morgan fingerprint density at radius 2 is 1.44 bits per heavy atom. The molecule has 0 saturated carbocycles. The predicted octanol–water partition coefficient (Wildman–Crippen LogP) is 8.92. The lowest BCUT2D eigenvalue weighted by Gasteiger charge is -2.15. The van der Waals surface area contributed by atoms with Crippen molar-refractivity contribution in [2.24, 2.45) is 10.2 Å². The fourth-order valence-corrected chi connectivity index (χ4v) is 5.82. The van der Waals surface area contributed by atoms with E-state index in [1.807, 2.05) is 42.0 Å². The van der Waals surface area contributed by atoms with Crippen molar-refractivity contribution in [3.63, 3.8) is 0 Å². The Morgan fingerprint density at radius 3 is 2.06 bits per heavy atom. The van der Waals surface area contributed by atoms with Crippen LogP contribution in [-0.4, -0.2) is 31.9 Å². The molecule has 48 heavy (non-hydrogen) atoms. The highest BCUT2D eigenvalue weighted by atomic mass is 32.1. The molecule has 0 unspecified atom stereocenters. The van der Waals surface area contributed by atoms with E-state index in [9.17, 15) is 26.3 Å². The van der Waals surface area contributed by atoms with Crippen molar-refractivity contribution in [3.8, 4) is 39.8 Å². The number of nitrogens with zero attached hydrogens (tertiary/aromatic N) is 6. The summed E-state index contributed by atoms with van der Waals surface area (Å²) in [4.78, 5) is 4.83. The van der Waals surface area contributed by atoms with Crippen molar-refractivity contribution < 1.29 is 31.1 Å². The van der Waals surface area contributed by atoms with Gasteiger partial charge in [-0.15, -0.1) is 34.7 Å². The standard InChI is InChI=1S/C34H24F6N6OS/c1-21-4-3-5-22(2)30(21)46-29(24-10-12-26(13-11-24)33(35,36)37)19-48-32(46)43-42-18-23-6-8-25(9-7-23)31-41-20-45(44-31)27-14-16-28(17-15-27)47-34(38,39)40/h3-20H,1-2H3. The lowest BCUT2D eigenvalue weighted by Crippen LogP contribution is -2.17. The van der Waals surface area contributed by atoms with E-state index in [0.717, 1.165) is 34.5 Å². The fourth-order valence-electron chi connectivity index (χ4n) is 4.97. The smallest absolute Gasteiger partial charge is 0.406 e. The van der Waals surface area contributed by atoms with E-state index in [-0.39, 0.29) is 5.75 Å². The summed E-state index contributed by atoms with van der Waals surface area (Å²) in [7, 11) is 0. The molecule has 0 N–H and O–H groups in total. The number of thiazole rings is 1. The van der Waals surface area contributed by atoms with Crippen LogP contribution >= 0.6 is 11.3 Å². The number of rotatable bonds is 7. The van der Waals surface area contributed by atoms with Crippen LogP contribution in [0, 0.1) is 13.8 Å². The van der Waals surface area contributed by atoms with Crippen molar-refractivity contribution in [1.82, 2.24) is 19.3 Å². The summed E-state index contributed by atoms with van der Waals surface area (Å²) in [6.45, 7) is 3.92. The predicted molar refractivity (Wildman–Crippen MR) is 170 cm³/mol. The second kappa shape index (κ2) is 13.0. The number of aryl methyl sites for hydroxylation is 2. The summed E-state index contributed by atoms with van der Waals surface area (Å²) in [5, 5.41) is 15.0. The number of alkyl halides is 6. The largest absolute Gasteiger partial charge is 0.573 e. The normalized spacial score (nSPS) is 12.6. The number of para-hydroxylation sites is 1. The van der Waals surface area contributed by atoms with Gasteiger partial charge in [0.25, 0.3) is 0 Å². The second-order valence-electron chi connectivity index (χ2n) is 10.6. The molecular weight excluding hydrogens is 654 g/mol. The molecule has 0 amide bonds. The van der Waals surface area contributed by atoms with Crippen LogP contribution in [0.3, 0.4) is 0 Å². The van der Waals surface area contributed by atoms with E-state index in [0.29, 0.717) is 33.1 Å². The summed E-state index contributed by atoms with van der Waals surface area (Å²) in [6.07, 6.45) is -6.18. The molecule has 2 aromatic heterocycles. The SMILES string of the molecule is Cc1cccc(C)c1-n1c(-c2ccc(C(F)(F)F)cc2)csc1=NN=Cc1ccc(-c2ncn(-c3ccc(OC(F)(F)F)cc3)n2)cc1. The van der Waals surface area contributed by atoms with Crippen molar-refractivity contribution in [2.75, 3.05) is 0 Å². The number of benzene rings is 4. The van der Waals surface area contributed by atoms with Gasteiger partial charge in [0.2, 0.25) is 4.80 Å². The van der Waals surface area contributed by atoms with Crippen LogP contribution in [0.1, 0.15) is 22.3 Å². The van der Waals surface area contributed by atoms with Gasteiger partial charge in [0.1, 0.15) is 12.1 Å². The number of aromatic nitrogens is 4. The summed E-state index contributed by atoms with van der Waals surface area (Å²) in [5.41, 5.74) is 5.29. The minimum Gasteiger partial charge on any atom is -0.406 e. The molecule has 6 aromatic rings. The average Bonchev–Trinajstić information content (AvgIpc) is 3.69. The fraction of sp³-hybridized carbons (Fsp3) is 0.118. The second-order valence-corrected chi connectivity index (χ2v) is 11.4. The highest BCUT2D eigenvalue weighted by molar-refractivity contribution is 7.07. The third kappa shape index (κ3) is 7.23. The zero-order valence-corrected chi connectivity index (χ0v) is 26.0. The minimum atomic E-state index is -4.78. The van der Waals surface area contributed by atoms with Gasteiger partial charge in [0, 0.05) is 10.9 Å². The van der Waals surface area contributed by atoms with Crippen molar-refractivity contribution in [2.45, 2.75) is 26.4 Å². The Kier molecular flexibility index (Phi) is 8.75. The third-order valence-corrected chi connectivity index (χ3v) is 8.04. The summed E-state index contributed by atoms with van der Waals surface area (Å²) < 4.78 is 84.2. The first kappa shape index (κ1) is 32.4. The molecule has 0 radical (unpaired) electrons. The molecule has 14 heteroatoms. The zero-order valence-electron chi connectivity index (χ0n) is 25.2. The van der Waals surface area contributed by atoms with Crippen LogP contribution in [0.25, 0.3) is 34.0 Å². The van der Waals surface area contributed by atoms with Gasteiger partial charge in [-0.1, -0.05) is 54.6 Å². The van der Waals surface area contributed by atoms with E-state index >= 15 is 0 Å². The minimum absolute atomic E-state index is 0.339. The van der Waals surface area contributed by atoms with E-state index in [1.54, 1.807) is 30.5 Å². The molecule has 6 rings (SSSR count). The summed E-state index contributed by atoms with van der Waals surface area (Å²) in [6, 6.07) is 23.3. The lowest BCUT2D eigenvalue weighted by molar-refractivity contribution is -0.274. The number of hydrogen-bond acceptors (Lipinski definition) is 6. The highest BCUT2D eigenvalue weighted by Crippen LogP contribution is 2.32. The first-order valence-electron chi connectivity index (χ1n) is 14.3. The maximum absolute atomic E-state index is 13.2. The molecule has 7 nitrogen and oxygen atoms in total. The number of ether oxygens (including phenoxy) is 1. The van der Waals surface area contributed by atoms with Crippen molar-refractivity contribution in [3.05, 3.63) is 130 Å². The summed E-state index contributed by atoms with van der Waals surface area (Å²) in [5.74, 6) is 0.0668. The Bertz CT molecular complexity index is 2120. The van der Waals surface area contributed by atoms with Gasteiger partial charge < -0.3 is 4.74 Å². The van der Waals surface area contributed by atoms with Crippen molar-refractivity contribution in [1.29, 1.82) is 0 Å². The van der Waals surface area contributed by atoms with E-state index < -0.39 is 18.1 Å². The van der Waals surface area contributed by atoms with Gasteiger partial charge in [0.15, 0.2) is 5.82 Å². The van der Waals surface area contributed by atoms with E-state index in [2.05, 4.69) is 25.0 Å². The van der Waals surface area contributed by atoms with Gasteiger partial charge in [-0.05, 0) is 72.5 Å². The molecule has 0 fully saturated rings. The molecule has 0 spiro atoms. The van der Waals surface area contributed by atoms with Crippen LogP contribution in [0.5, 0.6) is 5.75 Å². The Labute approximate surface area is 273 Å². The van der Waals surface area contributed by atoms with Crippen LogP contribution in [0.15, 0.2) is 113 Å². The maximum atomic E-state index is 13.2. The molecule has 0 bridgehead atoms. The van der Waals surface area contributed by atoms with Crippen molar-refractivity contribution >= 4 is 17.6 Å². The van der Waals surface area contributed by atoms with Crippen LogP contribution in [0.2, 0.25) is 0 Å². The highest BCUT2D eigenvalue weighted by Gasteiger charge is 2.31. The number of halogens is 6. The topological polar surface area (TPSA) is 69.6 Å². The van der Waals surface area contributed by atoms with Gasteiger partial charge in [-0.2, -0.15) is 18.3 Å². The van der Waals surface area contributed by atoms with E-state index in [4.69, 9.17) is 0 Å². The molecule has 0 saturated heterocycles. The van der Waals surface area contributed by atoms with Gasteiger partial charge >= 0.3 is 12.5 Å². The van der Waals surface area contributed by atoms with Crippen LogP contribution in [0.4, 0.5) is 26.3 Å². The monoisotopic (exact) mass is 678 g/mol. The maximum Gasteiger partial charge on any atom is 0.573 e. The zero-order chi connectivity index (χ0) is 34.1. The third-order valence-electron chi connectivity index (χ3n) is 7.22. The van der Waals surface area contributed by atoms with Crippen LogP contribution < -0.4 is 9.54 Å². The molecular formula is C34H24F6N6OS. The first-order chi connectivity index (χ1) is 22.9. The lowest BCUT2D eigenvalue weighted by atomic mass is 10.1. The van der Waals surface area contributed by atoms with Gasteiger partial charge in [-0.3, -0.25) is 4.57 Å². The molecule has 2 heterocycles. The van der Waals surface area contributed by atoms with Gasteiger partial charge in [0.05, 0.1) is 28.8 Å². The average molecular weight is 679 g/mol.